The highest BCUT2D eigenvalue weighted by molar-refractivity contribution is 14.1. The molecule has 0 amide bonds. The molecule has 0 aliphatic rings. The van der Waals surface area contributed by atoms with Gasteiger partial charge in [-0.05, 0) is 53.8 Å². The number of halogens is 1. The van der Waals surface area contributed by atoms with Crippen LogP contribution in [0, 0.1) is 6.92 Å². The van der Waals surface area contributed by atoms with E-state index in [0.29, 0.717) is 0 Å². The number of anilines is 1. The van der Waals surface area contributed by atoms with Crippen LogP contribution in [0.4, 0.5) is 5.69 Å². The largest absolute Gasteiger partial charge is 0.508 e. The second kappa shape index (κ2) is 7.09. The summed E-state index contributed by atoms with van der Waals surface area (Å²) in [6, 6.07) is 11.5. The van der Waals surface area contributed by atoms with Crippen LogP contribution in [0.5, 0.6) is 5.75 Å². The van der Waals surface area contributed by atoms with Crippen molar-refractivity contribution in [3.05, 3.63) is 42.0 Å². The van der Waals surface area contributed by atoms with Crippen LogP contribution in [-0.2, 0) is 0 Å². The van der Waals surface area contributed by atoms with Gasteiger partial charge in [-0.3, -0.25) is 0 Å². The summed E-state index contributed by atoms with van der Waals surface area (Å²) in [5, 5.41) is 13.6. The number of alkyl halides is 1. The zero-order valence-corrected chi connectivity index (χ0v) is 15.1. The molecule has 21 heavy (non-hydrogen) atoms. The second-order valence-electron chi connectivity index (χ2n) is 4.45. The third-order valence-electron chi connectivity index (χ3n) is 3.11. The van der Waals surface area contributed by atoms with E-state index in [1.165, 1.54) is 5.56 Å². The summed E-state index contributed by atoms with van der Waals surface area (Å²) in [5.74, 6) is 0.282. The number of fused-ring (bicyclic) bond motifs is 1. The number of thiazole rings is 1. The molecule has 3 nitrogen and oxygen atoms in total. The van der Waals surface area contributed by atoms with Gasteiger partial charge in [-0.25, -0.2) is 4.98 Å². The number of rotatable bonds is 2. The molecule has 1 heterocycles. The number of hydrogen-bond donors (Lipinski definition) is 2. The number of aromatic nitrogens is 1. The molecule has 3 rings (SSSR count). The molecule has 0 bridgehead atoms. The van der Waals surface area contributed by atoms with Crippen LogP contribution in [0.3, 0.4) is 0 Å². The summed E-state index contributed by atoms with van der Waals surface area (Å²) in [5.41, 5.74) is 4.36. The highest BCUT2D eigenvalue weighted by atomic mass is 127. The van der Waals surface area contributed by atoms with Crippen LogP contribution in [0.1, 0.15) is 5.56 Å². The van der Waals surface area contributed by atoms with Gasteiger partial charge >= 0.3 is 0 Å². The number of aryl methyl sites for hydroxylation is 1. The minimum Gasteiger partial charge on any atom is -0.508 e. The van der Waals surface area contributed by atoms with Crippen LogP contribution >= 0.6 is 33.9 Å². The van der Waals surface area contributed by atoms with Crippen molar-refractivity contribution in [1.29, 1.82) is 0 Å². The fourth-order valence-corrected chi connectivity index (χ4v) is 3.11. The standard InChI is InChI=1S/C15H14N2OS.CH3I/c1-9-7-10(3-5-12(9)16-2)15-17-13-6-4-11(18)8-14(13)19-15;1-2/h3-8,16,18H,1-2H3;1H3. The molecule has 0 saturated heterocycles. The molecular weight excluding hydrogens is 395 g/mol. The number of aromatic hydroxyl groups is 1. The van der Waals surface area contributed by atoms with E-state index < -0.39 is 0 Å². The van der Waals surface area contributed by atoms with Gasteiger partial charge in [0.05, 0.1) is 10.2 Å². The maximum absolute atomic E-state index is 9.49. The van der Waals surface area contributed by atoms with E-state index in [1.807, 2.05) is 18.0 Å². The minimum absolute atomic E-state index is 0.282. The van der Waals surface area contributed by atoms with Gasteiger partial charge in [-0.15, -0.1) is 11.3 Å². The van der Waals surface area contributed by atoms with Crippen molar-refractivity contribution in [3.63, 3.8) is 0 Å². The average Bonchev–Trinajstić information content (AvgIpc) is 2.92. The van der Waals surface area contributed by atoms with Gasteiger partial charge in [0.1, 0.15) is 10.8 Å². The average molecular weight is 412 g/mol. The molecule has 110 valence electrons. The third kappa shape index (κ3) is 3.47. The zero-order chi connectivity index (χ0) is 15.4. The molecule has 0 unspecified atom stereocenters. The molecule has 0 saturated carbocycles. The number of phenolic OH excluding ortho intramolecular Hbond substituents is 1. The zero-order valence-electron chi connectivity index (χ0n) is 12.1. The van der Waals surface area contributed by atoms with Gasteiger partial charge in [-0.1, -0.05) is 22.6 Å². The molecule has 2 aromatic carbocycles. The Labute approximate surface area is 142 Å². The van der Waals surface area contributed by atoms with Gasteiger partial charge in [0.2, 0.25) is 0 Å². The van der Waals surface area contributed by atoms with Gasteiger partial charge < -0.3 is 10.4 Å². The van der Waals surface area contributed by atoms with Crippen LogP contribution in [0.2, 0.25) is 0 Å². The quantitative estimate of drug-likeness (QED) is 0.456. The minimum atomic E-state index is 0.282. The Hall–Kier alpha value is -1.34. The molecule has 2 N–H and O–H groups in total. The van der Waals surface area contributed by atoms with E-state index in [0.717, 1.165) is 26.5 Å². The molecule has 0 fully saturated rings. The predicted octanol–water partition coefficient (Wildman–Crippen LogP) is 5.07. The van der Waals surface area contributed by atoms with E-state index in [2.05, 4.69) is 58.0 Å². The topological polar surface area (TPSA) is 45.2 Å². The molecule has 0 aliphatic heterocycles. The first-order valence-electron chi connectivity index (χ1n) is 6.43. The Morgan fingerprint density at radius 1 is 1.14 bits per heavy atom. The summed E-state index contributed by atoms with van der Waals surface area (Å²) in [6.45, 7) is 2.08. The SMILES string of the molecule is CI.CNc1ccc(-c2nc3ccc(O)cc3s2)cc1C. The lowest BCUT2D eigenvalue weighted by molar-refractivity contribution is 0.476. The first-order chi connectivity index (χ1) is 10.2. The summed E-state index contributed by atoms with van der Waals surface area (Å²) >= 11 is 3.75. The number of hydrogen-bond acceptors (Lipinski definition) is 4. The van der Waals surface area contributed by atoms with Crippen molar-refractivity contribution in [2.75, 3.05) is 17.3 Å². The highest BCUT2D eigenvalue weighted by Gasteiger charge is 2.08. The van der Waals surface area contributed by atoms with Gasteiger partial charge in [0, 0.05) is 18.3 Å². The molecule has 5 heteroatoms. The Bertz CT molecular complexity index is 755. The van der Waals surface area contributed by atoms with E-state index in [9.17, 15) is 5.11 Å². The third-order valence-corrected chi connectivity index (χ3v) is 4.18. The van der Waals surface area contributed by atoms with Crippen molar-refractivity contribution in [3.8, 4) is 16.3 Å². The highest BCUT2D eigenvalue weighted by Crippen LogP contribution is 2.33. The first kappa shape index (κ1) is 16.0. The maximum Gasteiger partial charge on any atom is 0.124 e. The van der Waals surface area contributed by atoms with E-state index in [4.69, 9.17) is 0 Å². The van der Waals surface area contributed by atoms with Gasteiger partial charge in [-0.2, -0.15) is 0 Å². The smallest absolute Gasteiger partial charge is 0.124 e. The molecule has 1 aromatic heterocycles. The maximum atomic E-state index is 9.49. The van der Waals surface area contributed by atoms with Gasteiger partial charge in [0.15, 0.2) is 0 Å². The number of nitrogens with zero attached hydrogens (tertiary/aromatic N) is 1. The lowest BCUT2D eigenvalue weighted by Crippen LogP contribution is -1.91. The van der Waals surface area contributed by atoms with E-state index in [1.54, 1.807) is 23.5 Å². The monoisotopic (exact) mass is 412 g/mol. The normalized spacial score (nSPS) is 10.1. The Morgan fingerprint density at radius 3 is 2.57 bits per heavy atom. The molecular formula is C16H17IN2OS. The Kier molecular flexibility index (Phi) is 5.41. The lowest BCUT2D eigenvalue weighted by atomic mass is 10.1. The predicted molar refractivity (Wildman–Crippen MR) is 101 cm³/mol. The second-order valence-corrected chi connectivity index (χ2v) is 5.48. The molecule has 0 spiro atoms. The Morgan fingerprint density at radius 2 is 1.90 bits per heavy atom. The van der Waals surface area contributed by atoms with Crippen molar-refractivity contribution < 1.29 is 5.11 Å². The van der Waals surface area contributed by atoms with Gasteiger partial charge in [0.25, 0.3) is 0 Å². The number of benzene rings is 2. The molecule has 0 radical (unpaired) electrons. The Balaban J connectivity index is 0.000000774. The van der Waals surface area contributed by atoms with Crippen molar-refractivity contribution in [1.82, 2.24) is 4.98 Å². The van der Waals surface area contributed by atoms with Crippen LogP contribution < -0.4 is 5.32 Å². The van der Waals surface area contributed by atoms with Crippen LogP contribution in [-0.4, -0.2) is 22.1 Å². The summed E-state index contributed by atoms with van der Waals surface area (Å²) in [7, 11) is 1.92. The molecule has 0 atom stereocenters. The fourth-order valence-electron chi connectivity index (χ4n) is 2.11. The molecule has 0 aliphatic carbocycles. The summed E-state index contributed by atoms with van der Waals surface area (Å²) in [4.78, 5) is 6.58. The summed E-state index contributed by atoms with van der Waals surface area (Å²) in [6.07, 6.45) is 0. The fraction of sp³-hybridized carbons (Fsp3) is 0.188. The van der Waals surface area contributed by atoms with Crippen LogP contribution in [0.15, 0.2) is 36.4 Å². The van der Waals surface area contributed by atoms with E-state index in [-0.39, 0.29) is 5.75 Å². The van der Waals surface area contributed by atoms with Crippen molar-refractivity contribution in [2.24, 2.45) is 0 Å². The van der Waals surface area contributed by atoms with Crippen molar-refractivity contribution in [2.45, 2.75) is 6.92 Å². The first-order valence-corrected chi connectivity index (χ1v) is 9.41. The van der Waals surface area contributed by atoms with Crippen LogP contribution in [0.25, 0.3) is 20.8 Å². The van der Waals surface area contributed by atoms with E-state index >= 15 is 0 Å². The summed E-state index contributed by atoms with van der Waals surface area (Å²) < 4.78 is 1.00. The lowest BCUT2D eigenvalue weighted by Gasteiger charge is -2.05. The van der Waals surface area contributed by atoms with Crippen molar-refractivity contribution >= 4 is 49.8 Å². The number of nitrogens with one attached hydrogen (secondary N) is 1. The number of phenols is 1. The molecule has 3 aromatic rings.